The summed E-state index contributed by atoms with van der Waals surface area (Å²) in [6, 6.07) is 13.5. The number of benzene rings is 2. The number of rotatable bonds is 2. The molecule has 4 rings (SSSR count). The van der Waals surface area contributed by atoms with Gasteiger partial charge in [-0.1, -0.05) is 53.1 Å². The van der Waals surface area contributed by atoms with Gasteiger partial charge in [0.25, 0.3) is 0 Å². The molecule has 0 atom stereocenters. The van der Waals surface area contributed by atoms with E-state index < -0.39 is 0 Å². The predicted molar refractivity (Wildman–Crippen MR) is 123 cm³/mol. The van der Waals surface area contributed by atoms with Crippen molar-refractivity contribution in [2.45, 2.75) is 52.4 Å². The van der Waals surface area contributed by atoms with Gasteiger partial charge in [0, 0.05) is 21.8 Å². The summed E-state index contributed by atoms with van der Waals surface area (Å²) in [5.74, 6) is 1.72. The molecule has 4 nitrogen and oxygen atoms in total. The zero-order chi connectivity index (χ0) is 21.8. The van der Waals surface area contributed by atoms with Gasteiger partial charge >= 0.3 is 0 Å². The molecule has 0 unspecified atom stereocenters. The van der Waals surface area contributed by atoms with Crippen LogP contribution in [0.2, 0.25) is 5.02 Å². The maximum absolute atomic E-state index is 11.1. The van der Waals surface area contributed by atoms with Crippen LogP contribution < -0.4 is 0 Å². The smallest absolute Gasteiger partial charge is 0.181 e. The van der Waals surface area contributed by atoms with Gasteiger partial charge in [-0.05, 0) is 53.3 Å². The standard InChI is InChI=1S/C25H27ClN2O2/c1-24(2,3)17-13-16(14-18(22(17)29)25(4,5)6)28-20-10-9-15(26)12-19(20)27-23(28)21-8-7-11-30-21/h7-14,29H,1-6H3. The molecule has 2 aromatic carbocycles. The largest absolute Gasteiger partial charge is 0.507 e. The summed E-state index contributed by atoms with van der Waals surface area (Å²) in [5.41, 5.74) is 3.97. The number of hydrogen-bond donors (Lipinski definition) is 1. The molecule has 0 spiro atoms. The summed E-state index contributed by atoms with van der Waals surface area (Å²) in [6.45, 7) is 12.7. The van der Waals surface area contributed by atoms with Crippen LogP contribution in [0.25, 0.3) is 28.3 Å². The number of furan rings is 1. The number of imidazole rings is 1. The Bertz CT molecular complexity index is 1190. The number of phenolic OH excluding ortho intramolecular Hbond substituents is 1. The minimum Gasteiger partial charge on any atom is -0.507 e. The van der Waals surface area contributed by atoms with Crippen LogP contribution in [0.1, 0.15) is 52.7 Å². The number of halogens is 1. The van der Waals surface area contributed by atoms with E-state index in [1.54, 1.807) is 6.26 Å². The lowest BCUT2D eigenvalue weighted by Crippen LogP contribution is -2.18. The third-order valence-electron chi connectivity index (χ3n) is 5.33. The van der Waals surface area contributed by atoms with Crippen LogP contribution in [0, 0.1) is 0 Å². The van der Waals surface area contributed by atoms with Gasteiger partial charge in [-0.3, -0.25) is 4.57 Å². The van der Waals surface area contributed by atoms with E-state index in [1.807, 2.05) is 42.5 Å². The summed E-state index contributed by atoms with van der Waals surface area (Å²) in [4.78, 5) is 4.82. The average Bonchev–Trinajstić information content (AvgIpc) is 3.26. The number of nitrogens with zero attached hydrogens (tertiary/aromatic N) is 2. The highest BCUT2D eigenvalue weighted by Crippen LogP contribution is 2.42. The minimum absolute atomic E-state index is 0.232. The number of aromatic nitrogens is 2. The van der Waals surface area contributed by atoms with Gasteiger partial charge in [0.05, 0.1) is 17.3 Å². The minimum atomic E-state index is -0.232. The van der Waals surface area contributed by atoms with Crippen LogP contribution in [-0.2, 0) is 10.8 Å². The Morgan fingerprint density at radius 3 is 2.10 bits per heavy atom. The Hall–Kier alpha value is -2.72. The first-order valence-electron chi connectivity index (χ1n) is 10.1. The molecule has 0 aliphatic rings. The van der Waals surface area contributed by atoms with Crippen molar-refractivity contribution in [1.29, 1.82) is 0 Å². The monoisotopic (exact) mass is 422 g/mol. The Morgan fingerprint density at radius 1 is 0.933 bits per heavy atom. The van der Waals surface area contributed by atoms with Crippen LogP contribution in [0.3, 0.4) is 0 Å². The molecule has 2 aromatic heterocycles. The van der Waals surface area contributed by atoms with Crippen molar-refractivity contribution in [2.75, 3.05) is 0 Å². The van der Waals surface area contributed by atoms with Gasteiger partial charge in [0.2, 0.25) is 0 Å². The Kier molecular flexibility index (Phi) is 4.74. The fraction of sp³-hybridized carbons (Fsp3) is 0.320. The highest BCUT2D eigenvalue weighted by atomic mass is 35.5. The normalized spacial score (nSPS) is 12.6. The number of fused-ring (bicyclic) bond motifs is 1. The van der Waals surface area contributed by atoms with Gasteiger partial charge in [-0.2, -0.15) is 0 Å². The predicted octanol–water partition coefficient (Wildman–Crippen LogP) is 7.24. The topological polar surface area (TPSA) is 51.2 Å². The second-order valence-corrected chi connectivity index (χ2v) is 10.2. The van der Waals surface area contributed by atoms with Crippen LogP contribution >= 0.6 is 11.6 Å². The molecule has 0 amide bonds. The first-order valence-corrected chi connectivity index (χ1v) is 10.4. The van der Waals surface area contributed by atoms with Gasteiger partial charge in [-0.15, -0.1) is 0 Å². The van der Waals surface area contributed by atoms with E-state index in [0.717, 1.165) is 27.8 Å². The van der Waals surface area contributed by atoms with Crippen molar-refractivity contribution in [3.8, 4) is 23.0 Å². The summed E-state index contributed by atoms with van der Waals surface area (Å²) in [7, 11) is 0. The van der Waals surface area contributed by atoms with Gasteiger partial charge < -0.3 is 9.52 Å². The van der Waals surface area contributed by atoms with Crippen molar-refractivity contribution >= 4 is 22.6 Å². The third kappa shape index (κ3) is 3.50. The second kappa shape index (κ2) is 6.92. The first-order chi connectivity index (χ1) is 14.0. The third-order valence-corrected chi connectivity index (χ3v) is 5.56. The highest BCUT2D eigenvalue weighted by Gasteiger charge is 2.28. The van der Waals surface area contributed by atoms with Crippen molar-refractivity contribution in [1.82, 2.24) is 9.55 Å². The van der Waals surface area contributed by atoms with E-state index in [9.17, 15) is 5.11 Å². The quantitative estimate of drug-likeness (QED) is 0.370. The van der Waals surface area contributed by atoms with E-state index in [4.69, 9.17) is 21.0 Å². The second-order valence-electron chi connectivity index (χ2n) is 9.77. The fourth-order valence-electron chi connectivity index (χ4n) is 3.78. The van der Waals surface area contributed by atoms with Crippen molar-refractivity contribution in [3.05, 3.63) is 64.9 Å². The van der Waals surface area contributed by atoms with Gasteiger partial charge in [-0.25, -0.2) is 4.98 Å². The lowest BCUT2D eigenvalue weighted by atomic mass is 9.79. The Morgan fingerprint density at radius 2 is 1.57 bits per heavy atom. The molecule has 0 fully saturated rings. The van der Waals surface area contributed by atoms with Crippen LogP contribution in [-0.4, -0.2) is 14.7 Å². The average molecular weight is 423 g/mol. The molecule has 156 valence electrons. The molecular formula is C25H27ClN2O2. The molecule has 0 aliphatic heterocycles. The molecule has 0 bridgehead atoms. The Labute approximate surface area is 182 Å². The number of phenols is 1. The molecule has 30 heavy (non-hydrogen) atoms. The molecule has 1 N–H and O–H groups in total. The van der Waals surface area contributed by atoms with E-state index in [-0.39, 0.29) is 10.8 Å². The molecule has 0 radical (unpaired) electrons. The first kappa shape index (κ1) is 20.5. The van der Waals surface area contributed by atoms with E-state index >= 15 is 0 Å². The van der Waals surface area contributed by atoms with Crippen LogP contribution in [0.15, 0.2) is 53.1 Å². The number of hydrogen-bond acceptors (Lipinski definition) is 3. The van der Waals surface area contributed by atoms with Gasteiger partial charge in [0.1, 0.15) is 5.75 Å². The molecule has 0 saturated carbocycles. The van der Waals surface area contributed by atoms with Crippen molar-refractivity contribution in [3.63, 3.8) is 0 Å². The highest BCUT2D eigenvalue weighted by molar-refractivity contribution is 6.31. The maximum Gasteiger partial charge on any atom is 0.181 e. The van der Waals surface area contributed by atoms with E-state index in [1.165, 1.54) is 0 Å². The van der Waals surface area contributed by atoms with Crippen molar-refractivity contribution < 1.29 is 9.52 Å². The molecule has 5 heteroatoms. The summed E-state index contributed by atoms with van der Waals surface area (Å²) in [6.07, 6.45) is 1.64. The lowest BCUT2D eigenvalue weighted by molar-refractivity contribution is 0.423. The van der Waals surface area contributed by atoms with E-state index in [2.05, 4.69) is 46.1 Å². The number of aromatic hydroxyl groups is 1. The SMILES string of the molecule is CC(C)(C)c1cc(-n2c(-c3ccco3)nc3cc(Cl)ccc32)cc(C(C)(C)C)c1O. The Balaban J connectivity index is 2.11. The zero-order valence-corrected chi connectivity index (χ0v) is 19.0. The van der Waals surface area contributed by atoms with E-state index in [0.29, 0.717) is 22.4 Å². The van der Waals surface area contributed by atoms with Gasteiger partial charge in [0.15, 0.2) is 11.6 Å². The molecule has 0 saturated heterocycles. The summed E-state index contributed by atoms with van der Waals surface area (Å²) >= 11 is 6.24. The lowest BCUT2D eigenvalue weighted by Gasteiger charge is -2.28. The zero-order valence-electron chi connectivity index (χ0n) is 18.2. The van der Waals surface area contributed by atoms with Crippen molar-refractivity contribution in [2.24, 2.45) is 0 Å². The molecule has 0 aliphatic carbocycles. The summed E-state index contributed by atoms with van der Waals surface area (Å²) in [5, 5.41) is 11.8. The fourth-order valence-corrected chi connectivity index (χ4v) is 3.94. The molecular weight excluding hydrogens is 396 g/mol. The van der Waals surface area contributed by atoms with Crippen LogP contribution in [0.4, 0.5) is 0 Å². The van der Waals surface area contributed by atoms with Crippen LogP contribution in [0.5, 0.6) is 5.75 Å². The molecule has 2 heterocycles. The summed E-state index contributed by atoms with van der Waals surface area (Å²) < 4.78 is 7.77. The molecule has 4 aromatic rings. The maximum atomic E-state index is 11.1.